The monoisotopic (exact) mass is 433 g/mol. The van der Waals surface area contributed by atoms with Gasteiger partial charge in [-0.15, -0.1) is 0 Å². The van der Waals surface area contributed by atoms with E-state index in [1.165, 1.54) is 19.3 Å². The van der Waals surface area contributed by atoms with Crippen LogP contribution < -0.4 is 4.74 Å². The summed E-state index contributed by atoms with van der Waals surface area (Å²) in [5, 5.41) is 0. The SMILES string of the molecule is COc1cc(C(=O)N(CC(C)C)C2CCCCC2)ccc1Cn1ccc2nc(C)ccc21. The van der Waals surface area contributed by atoms with Crippen molar-refractivity contribution in [2.24, 2.45) is 5.92 Å². The molecule has 1 aliphatic rings. The van der Waals surface area contributed by atoms with Gasteiger partial charge in [0, 0.05) is 35.6 Å². The highest BCUT2D eigenvalue weighted by Crippen LogP contribution is 2.28. The average Bonchev–Trinajstić information content (AvgIpc) is 3.19. The highest BCUT2D eigenvalue weighted by Gasteiger charge is 2.27. The molecule has 1 aliphatic carbocycles. The molecule has 1 fully saturated rings. The second-order valence-electron chi connectivity index (χ2n) is 9.47. The third-order valence-electron chi connectivity index (χ3n) is 6.48. The summed E-state index contributed by atoms with van der Waals surface area (Å²) in [5.74, 6) is 1.33. The van der Waals surface area contributed by atoms with Gasteiger partial charge in [0.2, 0.25) is 0 Å². The maximum absolute atomic E-state index is 13.5. The zero-order valence-corrected chi connectivity index (χ0v) is 19.8. The van der Waals surface area contributed by atoms with Crippen molar-refractivity contribution >= 4 is 16.9 Å². The number of hydrogen-bond acceptors (Lipinski definition) is 3. The summed E-state index contributed by atoms with van der Waals surface area (Å²) < 4.78 is 7.90. The van der Waals surface area contributed by atoms with Gasteiger partial charge in [0.05, 0.1) is 24.7 Å². The number of amides is 1. The van der Waals surface area contributed by atoms with Crippen LogP contribution in [0.1, 0.15) is 67.6 Å². The minimum absolute atomic E-state index is 0.126. The van der Waals surface area contributed by atoms with E-state index in [1.807, 2.05) is 37.3 Å². The Balaban J connectivity index is 1.59. The van der Waals surface area contributed by atoms with Gasteiger partial charge in [-0.2, -0.15) is 0 Å². The molecule has 0 bridgehead atoms. The number of aromatic nitrogens is 2. The summed E-state index contributed by atoms with van der Waals surface area (Å²) in [7, 11) is 1.68. The third-order valence-corrected chi connectivity index (χ3v) is 6.48. The van der Waals surface area contributed by atoms with Crippen LogP contribution in [-0.2, 0) is 6.54 Å². The number of rotatable bonds is 7. The second kappa shape index (κ2) is 9.76. The summed E-state index contributed by atoms with van der Waals surface area (Å²) in [6, 6.07) is 12.5. The Morgan fingerprint density at radius 2 is 1.94 bits per heavy atom. The molecule has 0 N–H and O–H groups in total. The van der Waals surface area contributed by atoms with Crippen molar-refractivity contribution in [1.82, 2.24) is 14.5 Å². The molecule has 2 aromatic heterocycles. The summed E-state index contributed by atoms with van der Waals surface area (Å²) in [6.07, 6.45) is 8.00. The van der Waals surface area contributed by atoms with Gasteiger partial charge in [0.15, 0.2) is 0 Å². The first-order valence-corrected chi connectivity index (χ1v) is 11.9. The quantitative estimate of drug-likeness (QED) is 0.471. The van der Waals surface area contributed by atoms with Crippen LogP contribution in [0.3, 0.4) is 0 Å². The summed E-state index contributed by atoms with van der Waals surface area (Å²) in [5.41, 5.74) is 4.87. The summed E-state index contributed by atoms with van der Waals surface area (Å²) >= 11 is 0. The molecule has 0 saturated heterocycles. The lowest BCUT2D eigenvalue weighted by molar-refractivity contribution is 0.0604. The zero-order chi connectivity index (χ0) is 22.7. The smallest absolute Gasteiger partial charge is 0.254 e. The highest BCUT2D eigenvalue weighted by molar-refractivity contribution is 5.95. The largest absolute Gasteiger partial charge is 0.496 e. The molecule has 1 aromatic carbocycles. The minimum Gasteiger partial charge on any atom is -0.496 e. The van der Waals surface area contributed by atoms with Crippen molar-refractivity contribution in [3.63, 3.8) is 0 Å². The fourth-order valence-corrected chi connectivity index (χ4v) is 4.86. The molecule has 32 heavy (non-hydrogen) atoms. The lowest BCUT2D eigenvalue weighted by Crippen LogP contribution is -2.43. The van der Waals surface area contributed by atoms with Crippen LogP contribution >= 0.6 is 0 Å². The normalized spacial score (nSPS) is 14.8. The van der Waals surface area contributed by atoms with E-state index in [-0.39, 0.29) is 5.91 Å². The molecular weight excluding hydrogens is 398 g/mol. The van der Waals surface area contributed by atoms with E-state index in [9.17, 15) is 4.79 Å². The minimum atomic E-state index is 0.126. The molecule has 5 nitrogen and oxygen atoms in total. The molecule has 2 heterocycles. The number of pyridine rings is 1. The molecular formula is C27H35N3O2. The fraction of sp³-hybridized carbons (Fsp3) is 0.481. The number of carbonyl (C=O) groups excluding carboxylic acids is 1. The Kier molecular flexibility index (Phi) is 6.83. The second-order valence-corrected chi connectivity index (χ2v) is 9.47. The highest BCUT2D eigenvalue weighted by atomic mass is 16.5. The number of carbonyl (C=O) groups is 1. The van der Waals surface area contributed by atoms with Crippen LogP contribution in [0.5, 0.6) is 5.75 Å². The Morgan fingerprint density at radius 3 is 2.66 bits per heavy atom. The molecule has 0 spiro atoms. The third kappa shape index (κ3) is 4.82. The Morgan fingerprint density at radius 1 is 1.16 bits per heavy atom. The van der Waals surface area contributed by atoms with E-state index in [1.54, 1.807) is 7.11 Å². The number of benzene rings is 1. The van der Waals surface area contributed by atoms with Gasteiger partial charge in [0.1, 0.15) is 5.75 Å². The Bertz CT molecular complexity index is 1080. The maximum Gasteiger partial charge on any atom is 0.254 e. The molecule has 1 saturated carbocycles. The molecule has 0 radical (unpaired) electrons. The number of aryl methyl sites for hydroxylation is 1. The maximum atomic E-state index is 13.5. The van der Waals surface area contributed by atoms with Crippen molar-refractivity contribution in [2.45, 2.75) is 65.5 Å². The molecule has 3 aromatic rings. The zero-order valence-electron chi connectivity index (χ0n) is 19.8. The first-order valence-electron chi connectivity index (χ1n) is 11.9. The lowest BCUT2D eigenvalue weighted by Gasteiger charge is -2.35. The van der Waals surface area contributed by atoms with E-state index < -0.39 is 0 Å². The standard InChI is InChI=1S/C27H35N3O2/c1-19(2)17-30(23-8-6-5-7-9-23)27(31)21-11-12-22(26(16-21)32-4)18-29-15-14-24-25(29)13-10-20(3)28-24/h10-16,19,23H,5-9,17-18H2,1-4H3. The average molecular weight is 434 g/mol. The molecule has 4 rings (SSSR count). The Hall–Kier alpha value is -2.82. The summed E-state index contributed by atoms with van der Waals surface area (Å²) in [4.78, 5) is 20.3. The van der Waals surface area contributed by atoms with Crippen LogP contribution in [0, 0.1) is 12.8 Å². The van der Waals surface area contributed by atoms with Crippen LogP contribution in [0.2, 0.25) is 0 Å². The lowest BCUT2D eigenvalue weighted by atomic mass is 9.93. The first-order chi connectivity index (χ1) is 15.5. The van der Waals surface area contributed by atoms with E-state index in [4.69, 9.17) is 4.74 Å². The molecule has 1 amide bonds. The number of ether oxygens (including phenoxy) is 1. The summed E-state index contributed by atoms with van der Waals surface area (Å²) in [6.45, 7) is 7.85. The molecule has 0 aliphatic heterocycles. The van der Waals surface area contributed by atoms with E-state index in [2.05, 4.69) is 40.6 Å². The van der Waals surface area contributed by atoms with Crippen LogP contribution in [0.15, 0.2) is 42.6 Å². The molecule has 170 valence electrons. The van der Waals surface area contributed by atoms with Crippen molar-refractivity contribution in [3.05, 3.63) is 59.4 Å². The van der Waals surface area contributed by atoms with Crippen molar-refractivity contribution < 1.29 is 9.53 Å². The van der Waals surface area contributed by atoms with Gasteiger partial charge in [-0.25, -0.2) is 0 Å². The van der Waals surface area contributed by atoms with Gasteiger partial charge in [0.25, 0.3) is 5.91 Å². The number of hydrogen-bond donors (Lipinski definition) is 0. The number of nitrogens with zero attached hydrogens (tertiary/aromatic N) is 3. The fourth-order valence-electron chi connectivity index (χ4n) is 4.86. The number of methoxy groups -OCH3 is 1. The van der Waals surface area contributed by atoms with Gasteiger partial charge in [-0.1, -0.05) is 39.2 Å². The van der Waals surface area contributed by atoms with E-state index >= 15 is 0 Å². The number of fused-ring (bicyclic) bond motifs is 1. The van der Waals surface area contributed by atoms with E-state index in [0.29, 0.717) is 24.1 Å². The van der Waals surface area contributed by atoms with Crippen molar-refractivity contribution in [2.75, 3.05) is 13.7 Å². The van der Waals surface area contributed by atoms with Crippen molar-refractivity contribution in [3.8, 4) is 5.75 Å². The predicted molar refractivity (Wildman–Crippen MR) is 129 cm³/mol. The van der Waals surface area contributed by atoms with Gasteiger partial charge < -0.3 is 14.2 Å². The molecule has 0 unspecified atom stereocenters. The Labute approximate surface area is 191 Å². The predicted octanol–water partition coefficient (Wildman–Crippen LogP) is 5.83. The molecule has 0 atom stereocenters. The van der Waals surface area contributed by atoms with Crippen molar-refractivity contribution in [1.29, 1.82) is 0 Å². The van der Waals surface area contributed by atoms with Crippen LogP contribution in [0.4, 0.5) is 0 Å². The van der Waals surface area contributed by atoms with E-state index in [0.717, 1.165) is 47.4 Å². The topological polar surface area (TPSA) is 47.4 Å². The van der Waals surface area contributed by atoms with Crippen LogP contribution in [-0.4, -0.2) is 40.1 Å². The molecule has 5 heteroatoms. The van der Waals surface area contributed by atoms with Gasteiger partial charge in [-0.05, 0) is 56.0 Å². The van der Waals surface area contributed by atoms with Crippen LogP contribution in [0.25, 0.3) is 11.0 Å². The van der Waals surface area contributed by atoms with Gasteiger partial charge in [-0.3, -0.25) is 9.78 Å². The first kappa shape index (κ1) is 22.4. The van der Waals surface area contributed by atoms with Gasteiger partial charge >= 0.3 is 0 Å².